The summed E-state index contributed by atoms with van der Waals surface area (Å²) in [7, 11) is 0. The van der Waals surface area contributed by atoms with E-state index in [0.717, 1.165) is 11.6 Å². The minimum absolute atomic E-state index is 0.452. The van der Waals surface area contributed by atoms with Crippen molar-refractivity contribution in [3.63, 3.8) is 0 Å². The Bertz CT molecular complexity index is 289. The SMILES string of the molecule is CC1CSCC1n1cnnc1CCl. The highest BCUT2D eigenvalue weighted by molar-refractivity contribution is 7.99. The van der Waals surface area contributed by atoms with Crippen molar-refractivity contribution in [1.82, 2.24) is 14.8 Å². The van der Waals surface area contributed by atoms with Crippen LogP contribution in [-0.2, 0) is 5.88 Å². The fourth-order valence-corrected chi connectivity index (χ4v) is 3.30. The van der Waals surface area contributed by atoms with Crippen molar-refractivity contribution < 1.29 is 0 Å². The van der Waals surface area contributed by atoms with E-state index in [1.54, 1.807) is 6.33 Å². The molecule has 1 aromatic heterocycles. The third kappa shape index (κ3) is 1.70. The fourth-order valence-electron chi connectivity index (χ4n) is 1.64. The minimum Gasteiger partial charge on any atom is -0.312 e. The molecule has 0 bridgehead atoms. The summed E-state index contributed by atoms with van der Waals surface area (Å²) in [5, 5.41) is 7.88. The van der Waals surface area contributed by atoms with Gasteiger partial charge in [0.15, 0.2) is 0 Å². The molecule has 0 aromatic carbocycles. The lowest BCUT2D eigenvalue weighted by molar-refractivity contribution is 0.428. The smallest absolute Gasteiger partial charge is 0.148 e. The van der Waals surface area contributed by atoms with E-state index in [-0.39, 0.29) is 0 Å². The second-order valence-corrected chi connectivity index (χ2v) is 4.71. The number of hydrogen-bond donors (Lipinski definition) is 0. The van der Waals surface area contributed by atoms with Gasteiger partial charge < -0.3 is 4.57 Å². The molecule has 1 aliphatic rings. The summed E-state index contributed by atoms with van der Waals surface area (Å²) in [5.74, 6) is 4.42. The van der Waals surface area contributed by atoms with Gasteiger partial charge in [0.2, 0.25) is 0 Å². The molecule has 2 heterocycles. The first-order chi connectivity index (χ1) is 6.33. The second-order valence-electron chi connectivity index (χ2n) is 3.37. The maximum Gasteiger partial charge on any atom is 0.148 e. The summed E-state index contributed by atoms with van der Waals surface area (Å²) in [6, 6.07) is 0.536. The summed E-state index contributed by atoms with van der Waals surface area (Å²) in [6.07, 6.45) is 1.80. The van der Waals surface area contributed by atoms with Crippen molar-refractivity contribution in [2.75, 3.05) is 11.5 Å². The van der Waals surface area contributed by atoms with Crippen molar-refractivity contribution >= 4 is 23.4 Å². The van der Waals surface area contributed by atoms with Crippen molar-refractivity contribution in [3.8, 4) is 0 Å². The van der Waals surface area contributed by atoms with Crippen molar-refractivity contribution in [2.24, 2.45) is 5.92 Å². The molecule has 5 heteroatoms. The fraction of sp³-hybridized carbons (Fsp3) is 0.750. The van der Waals surface area contributed by atoms with E-state index in [0.29, 0.717) is 17.8 Å². The van der Waals surface area contributed by atoms with E-state index in [1.807, 2.05) is 11.8 Å². The van der Waals surface area contributed by atoms with E-state index in [9.17, 15) is 0 Å². The number of hydrogen-bond acceptors (Lipinski definition) is 3. The van der Waals surface area contributed by atoms with E-state index in [2.05, 4.69) is 21.7 Å². The molecule has 1 aromatic rings. The van der Waals surface area contributed by atoms with Gasteiger partial charge in [-0.3, -0.25) is 0 Å². The molecular formula is C8H12ClN3S. The Labute approximate surface area is 86.9 Å². The van der Waals surface area contributed by atoms with Crippen LogP contribution in [-0.4, -0.2) is 26.3 Å². The Morgan fingerprint density at radius 1 is 1.69 bits per heavy atom. The largest absolute Gasteiger partial charge is 0.312 e. The quantitative estimate of drug-likeness (QED) is 0.710. The first kappa shape index (κ1) is 9.34. The maximum atomic E-state index is 5.77. The molecule has 0 radical (unpaired) electrons. The van der Waals surface area contributed by atoms with Crippen molar-refractivity contribution in [3.05, 3.63) is 12.2 Å². The van der Waals surface area contributed by atoms with Crippen LogP contribution in [0.4, 0.5) is 0 Å². The Morgan fingerprint density at radius 2 is 2.54 bits per heavy atom. The molecule has 13 heavy (non-hydrogen) atoms. The highest BCUT2D eigenvalue weighted by Gasteiger charge is 2.26. The highest BCUT2D eigenvalue weighted by atomic mass is 35.5. The predicted molar refractivity (Wildman–Crippen MR) is 55.1 cm³/mol. The summed E-state index contributed by atoms with van der Waals surface area (Å²) in [5.41, 5.74) is 0. The number of thioether (sulfide) groups is 1. The maximum absolute atomic E-state index is 5.77. The normalized spacial score (nSPS) is 28.2. The van der Waals surface area contributed by atoms with Gasteiger partial charge in [0, 0.05) is 11.8 Å². The molecular weight excluding hydrogens is 206 g/mol. The van der Waals surface area contributed by atoms with Gasteiger partial charge in [-0.25, -0.2) is 0 Å². The predicted octanol–water partition coefficient (Wildman–Crippen LogP) is 1.94. The molecule has 1 saturated heterocycles. The summed E-state index contributed by atoms with van der Waals surface area (Å²) in [6.45, 7) is 2.27. The van der Waals surface area contributed by atoms with Crippen LogP contribution in [0, 0.1) is 5.92 Å². The van der Waals surface area contributed by atoms with Crippen LogP contribution in [0.25, 0.3) is 0 Å². The first-order valence-corrected chi connectivity index (χ1v) is 6.04. The number of alkyl halides is 1. The molecule has 0 spiro atoms. The molecule has 3 nitrogen and oxygen atoms in total. The van der Waals surface area contributed by atoms with Gasteiger partial charge in [0.25, 0.3) is 0 Å². The molecule has 0 aliphatic carbocycles. The van der Waals surface area contributed by atoms with E-state index >= 15 is 0 Å². The number of nitrogens with zero attached hydrogens (tertiary/aromatic N) is 3. The molecule has 2 rings (SSSR count). The Kier molecular flexibility index (Phi) is 2.79. The lowest BCUT2D eigenvalue weighted by Gasteiger charge is -2.16. The molecule has 1 aliphatic heterocycles. The van der Waals surface area contributed by atoms with Crippen LogP contribution in [0.5, 0.6) is 0 Å². The molecule has 2 unspecified atom stereocenters. The number of rotatable bonds is 2. The molecule has 0 amide bonds. The summed E-state index contributed by atoms with van der Waals surface area (Å²) < 4.78 is 2.12. The van der Waals surface area contributed by atoms with Crippen LogP contribution in [0.2, 0.25) is 0 Å². The van der Waals surface area contributed by atoms with E-state index in [4.69, 9.17) is 11.6 Å². The van der Waals surface area contributed by atoms with Crippen molar-refractivity contribution in [1.29, 1.82) is 0 Å². The zero-order valence-electron chi connectivity index (χ0n) is 7.48. The monoisotopic (exact) mass is 217 g/mol. The van der Waals surface area contributed by atoms with Crippen molar-refractivity contribution in [2.45, 2.75) is 18.8 Å². The lowest BCUT2D eigenvalue weighted by atomic mass is 10.1. The van der Waals surface area contributed by atoms with Gasteiger partial charge in [0.1, 0.15) is 12.2 Å². The minimum atomic E-state index is 0.452. The average Bonchev–Trinajstić information content (AvgIpc) is 2.71. The van der Waals surface area contributed by atoms with Gasteiger partial charge in [-0.1, -0.05) is 6.92 Å². The Hall–Kier alpha value is -0.220. The standard InChI is InChI=1S/C8H12ClN3S/c1-6-3-13-4-7(6)12-5-10-11-8(12)2-9/h5-7H,2-4H2,1H3. The van der Waals surface area contributed by atoms with Gasteiger partial charge in [0.05, 0.1) is 5.88 Å². The molecule has 2 atom stereocenters. The molecule has 1 fully saturated rings. The van der Waals surface area contributed by atoms with Crippen LogP contribution in [0.3, 0.4) is 0 Å². The first-order valence-electron chi connectivity index (χ1n) is 4.35. The number of aromatic nitrogens is 3. The van der Waals surface area contributed by atoms with Gasteiger partial charge >= 0.3 is 0 Å². The second kappa shape index (κ2) is 3.88. The average molecular weight is 218 g/mol. The molecule has 72 valence electrons. The van der Waals surface area contributed by atoms with Crippen LogP contribution >= 0.6 is 23.4 Å². The van der Waals surface area contributed by atoms with E-state index in [1.165, 1.54) is 5.75 Å². The topological polar surface area (TPSA) is 30.7 Å². The van der Waals surface area contributed by atoms with Crippen LogP contribution in [0.1, 0.15) is 18.8 Å². The van der Waals surface area contributed by atoms with E-state index < -0.39 is 0 Å². The van der Waals surface area contributed by atoms with Crippen LogP contribution < -0.4 is 0 Å². The Morgan fingerprint density at radius 3 is 3.15 bits per heavy atom. The van der Waals surface area contributed by atoms with Crippen LogP contribution in [0.15, 0.2) is 6.33 Å². The van der Waals surface area contributed by atoms with Gasteiger partial charge in [-0.15, -0.1) is 21.8 Å². The third-order valence-electron chi connectivity index (χ3n) is 2.45. The molecule has 0 N–H and O–H groups in total. The highest BCUT2D eigenvalue weighted by Crippen LogP contribution is 2.33. The summed E-state index contributed by atoms with van der Waals surface area (Å²) >= 11 is 7.76. The zero-order valence-corrected chi connectivity index (χ0v) is 9.05. The lowest BCUT2D eigenvalue weighted by Crippen LogP contribution is -2.16. The zero-order chi connectivity index (χ0) is 9.26. The third-order valence-corrected chi connectivity index (χ3v) is 4.03. The Balaban J connectivity index is 2.23. The van der Waals surface area contributed by atoms with Gasteiger partial charge in [-0.05, 0) is 11.7 Å². The number of halogens is 1. The van der Waals surface area contributed by atoms with Gasteiger partial charge in [-0.2, -0.15) is 11.8 Å². The molecule has 0 saturated carbocycles. The summed E-state index contributed by atoms with van der Waals surface area (Å²) in [4.78, 5) is 0.